The minimum atomic E-state index is 0.603. The first kappa shape index (κ1) is 15.5. The van der Waals surface area contributed by atoms with Crippen LogP contribution in [-0.4, -0.2) is 17.6 Å². The van der Waals surface area contributed by atoms with Crippen LogP contribution in [-0.2, 0) is 6.42 Å². The molecule has 2 heteroatoms. The summed E-state index contributed by atoms with van der Waals surface area (Å²) >= 11 is 0. The van der Waals surface area contributed by atoms with Crippen molar-refractivity contribution in [2.45, 2.75) is 71.3 Å². The van der Waals surface area contributed by atoms with Crippen molar-refractivity contribution in [2.24, 2.45) is 5.92 Å². The first-order valence-corrected chi connectivity index (χ1v) is 8.45. The zero-order valence-electron chi connectivity index (χ0n) is 13.2. The molecule has 1 aromatic rings. The predicted octanol–water partition coefficient (Wildman–Crippen LogP) is 4.27. The molecule has 1 N–H and O–H groups in total. The molecule has 1 fully saturated rings. The van der Waals surface area contributed by atoms with E-state index in [1.54, 1.807) is 0 Å². The van der Waals surface area contributed by atoms with Crippen molar-refractivity contribution in [3.63, 3.8) is 0 Å². The van der Waals surface area contributed by atoms with Crippen LogP contribution < -0.4 is 5.32 Å². The van der Waals surface area contributed by atoms with Gasteiger partial charge in [0.05, 0.1) is 0 Å². The summed E-state index contributed by atoms with van der Waals surface area (Å²) in [4.78, 5) is 4.60. The second-order valence-electron chi connectivity index (χ2n) is 6.24. The molecule has 0 radical (unpaired) electrons. The van der Waals surface area contributed by atoms with Gasteiger partial charge in [0.25, 0.3) is 0 Å². The van der Waals surface area contributed by atoms with Gasteiger partial charge in [-0.2, -0.15) is 0 Å². The Morgan fingerprint density at radius 3 is 2.55 bits per heavy atom. The van der Waals surface area contributed by atoms with Crippen molar-refractivity contribution in [1.82, 2.24) is 10.3 Å². The topological polar surface area (TPSA) is 24.9 Å². The van der Waals surface area contributed by atoms with Crippen molar-refractivity contribution in [1.29, 1.82) is 0 Å². The number of aromatic nitrogens is 1. The number of nitrogens with one attached hydrogen (secondary N) is 1. The van der Waals surface area contributed by atoms with E-state index in [9.17, 15) is 0 Å². The third kappa shape index (κ3) is 4.59. The Kier molecular flexibility index (Phi) is 6.52. The van der Waals surface area contributed by atoms with E-state index < -0.39 is 0 Å². The molecule has 1 aliphatic rings. The van der Waals surface area contributed by atoms with Gasteiger partial charge in [-0.3, -0.25) is 4.98 Å². The molecule has 1 aliphatic carbocycles. The zero-order valence-corrected chi connectivity index (χ0v) is 13.2. The van der Waals surface area contributed by atoms with Crippen LogP contribution in [0.15, 0.2) is 18.3 Å². The van der Waals surface area contributed by atoms with Gasteiger partial charge in [0, 0.05) is 24.4 Å². The van der Waals surface area contributed by atoms with Gasteiger partial charge in [0.15, 0.2) is 0 Å². The fourth-order valence-corrected chi connectivity index (χ4v) is 3.50. The van der Waals surface area contributed by atoms with Crippen LogP contribution in [0.25, 0.3) is 0 Å². The highest BCUT2D eigenvalue weighted by atomic mass is 14.9. The number of aryl methyl sites for hydroxylation is 1. The fourth-order valence-electron chi connectivity index (χ4n) is 3.50. The predicted molar refractivity (Wildman–Crippen MR) is 86.0 cm³/mol. The molecule has 2 rings (SSSR count). The summed E-state index contributed by atoms with van der Waals surface area (Å²) in [6, 6.07) is 4.83. The molecule has 0 amide bonds. The van der Waals surface area contributed by atoms with Crippen LogP contribution in [0.4, 0.5) is 0 Å². The summed E-state index contributed by atoms with van der Waals surface area (Å²) in [7, 11) is 0. The minimum absolute atomic E-state index is 0.603. The van der Waals surface area contributed by atoms with Gasteiger partial charge in [0.2, 0.25) is 0 Å². The summed E-state index contributed by atoms with van der Waals surface area (Å²) in [5.41, 5.74) is 2.61. The first-order valence-electron chi connectivity index (χ1n) is 8.45. The Bertz CT molecular complexity index is 381. The number of hydrogen-bond acceptors (Lipinski definition) is 2. The van der Waals surface area contributed by atoms with E-state index in [1.165, 1.54) is 56.2 Å². The molecule has 0 spiro atoms. The van der Waals surface area contributed by atoms with Crippen LogP contribution in [0.5, 0.6) is 0 Å². The van der Waals surface area contributed by atoms with Crippen molar-refractivity contribution < 1.29 is 0 Å². The Morgan fingerprint density at radius 1 is 1.20 bits per heavy atom. The second kappa shape index (κ2) is 8.41. The number of likely N-dealkylation sites (N-methyl/N-ethyl adjacent to an activating group) is 1. The highest BCUT2D eigenvalue weighted by Gasteiger charge is 2.22. The van der Waals surface area contributed by atoms with Crippen LogP contribution in [0.1, 0.15) is 63.1 Å². The van der Waals surface area contributed by atoms with Crippen molar-refractivity contribution in [3.8, 4) is 0 Å². The van der Waals surface area contributed by atoms with Gasteiger partial charge in [-0.05, 0) is 43.9 Å². The van der Waals surface area contributed by atoms with Crippen molar-refractivity contribution >= 4 is 0 Å². The average Bonchev–Trinajstić information content (AvgIpc) is 2.40. The number of rotatable bonds is 5. The summed E-state index contributed by atoms with van der Waals surface area (Å²) in [5.74, 6) is 0.830. The van der Waals surface area contributed by atoms with E-state index in [-0.39, 0.29) is 0 Å². The monoisotopic (exact) mass is 274 g/mol. The maximum Gasteiger partial charge on any atom is 0.0448 e. The molecule has 1 unspecified atom stereocenters. The van der Waals surface area contributed by atoms with Crippen LogP contribution in [0.2, 0.25) is 0 Å². The third-order valence-corrected chi connectivity index (χ3v) is 4.72. The van der Waals surface area contributed by atoms with E-state index in [4.69, 9.17) is 0 Å². The van der Waals surface area contributed by atoms with E-state index >= 15 is 0 Å². The Balaban J connectivity index is 2.03. The smallest absolute Gasteiger partial charge is 0.0448 e. The summed E-state index contributed by atoms with van der Waals surface area (Å²) in [6.07, 6.45) is 12.9. The normalized spacial score (nSPS) is 19.3. The van der Waals surface area contributed by atoms with E-state index in [1.807, 2.05) is 12.3 Å². The van der Waals surface area contributed by atoms with Crippen LogP contribution in [0.3, 0.4) is 0 Å². The van der Waals surface area contributed by atoms with Gasteiger partial charge in [-0.25, -0.2) is 0 Å². The van der Waals surface area contributed by atoms with Gasteiger partial charge in [-0.15, -0.1) is 0 Å². The molecule has 1 atom stereocenters. The quantitative estimate of drug-likeness (QED) is 0.867. The molecule has 1 saturated carbocycles. The molecular formula is C18H30N2. The molecule has 0 aromatic carbocycles. The molecule has 112 valence electrons. The van der Waals surface area contributed by atoms with Gasteiger partial charge in [-0.1, -0.05) is 45.1 Å². The van der Waals surface area contributed by atoms with Crippen molar-refractivity contribution in [2.75, 3.05) is 6.54 Å². The largest absolute Gasteiger partial charge is 0.314 e. The van der Waals surface area contributed by atoms with Gasteiger partial charge >= 0.3 is 0 Å². The maximum atomic E-state index is 4.60. The molecule has 0 aliphatic heterocycles. The lowest BCUT2D eigenvalue weighted by atomic mass is 9.83. The van der Waals surface area contributed by atoms with E-state index in [0.717, 1.165) is 18.9 Å². The number of hydrogen-bond donors (Lipinski definition) is 1. The second-order valence-corrected chi connectivity index (χ2v) is 6.24. The average molecular weight is 274 g/mol. The lowest BCUT2D eigenvalue weighted by Gasteiger charge is -2.29. The Morgan fingerprint density at radius 2 is 1.90 bits per heavy atom. The third-order valence-electron chi connectivity index (χ3n) is 4.72. The summed E-state index contributed by atoms with van der Waals surface area (Å²) in [6.45, 7) is 5.47. The first-order chi connectivity index (χ1) is 9.81. The summed E-state index contributed by atoms with van der Waals surface area (Å²) < 4.78 is 0. The van der Waals surface area contributed by atoms with E-state index in [0.29, 0.717) is 6.04 Å². The van der Waals surface area contributed by atoms with E-state index in [2.05, 4.69) is 30.2 Å². The number of pyridine rings is 1. The molecule has 0 bridgehead atoms. The van der Waals surface area contributed by atoms with Crippen molar-refractivity contribution in [3.05, 3.63) is 29.6 Å². The maximum absolute atomic E-state index is 4.60. The fraction of sp³-hybridized carbons (Fsp3) is 0.722. The van der Waals surface area contributed by atoms with Crippen LogP contribution >= 0.6 is 0 Å². The SMILES string of the molecule is CCNC(Cc1ncccc1C)C1CCCCCCC1. The molecule has 2 nitrogen and oxygen atoms in total. The standard InChI is InChI=1S/C18H30N2/c1-3-19-18(14-17-15(2)10-9-13-20-17)16-11-7-5-4-6-8-12-16/h9-10,13,16,18-19H,3-8,11-12,14H2,1-2H3. The number of nitrogens with zero attached hydrogens (tertiary/aromatic N) is 1. The Hall–Kier alpha value is -0.890. The highest BCUT2D eigenvalue weighted by molar-refractivity contribution is 5.18. The molecular weight excluding hydrogens is 244 g/mol. The summed E-state index contributed by atoms with van der Waals surface area (Å²) in [5, 5.41) is 3.74. The minimum Gasteiger partial charge on any atom is -0.314 e. The molecule has 20 heavy (non-hydrogen) atoms. The molecule has 1 aromatic heterocycles. The lowest BCUT2D eigenvalue weighted by Crippen LogP contribution is -2.38. The zero-order chi connectivity index (χ0) is 14.2. The van der Waals surface area contributed by atoms with Gasteiger partial charge in [0.1, 0.15) is 0 Å². The molecule has 1 heterocycles. The van der Waals surface area contributed by atoms with Gasteiger partial charge < -0.3 is 5.32 Å². The van der Waals surface area contributed by atoms with Crippen LogP contribution in [0, 0.1) is 12.8 Å². The highest BCUT2D eigenvalue weighted by Crippen LogP contribution is 2.26. The Labute approximate surface area is 124 Å². The molecule has 0 saturated heterocycles. The lowest BCUT2D eigenvalue weighted by molar-refractivity contribution is 0.284.